The van der Waals surface area contributed by atoms with Crippen LogP contribution in [0, 0.1) is 25.6 Å². The number of ketones is 1. The fourth-order valence-corrected chi connectivity index (χ4v) is 4.03. The highest BCUT2D eigenvalue weighted by molar-refractivity contribution is 6.00. The van der Waals surface area contributed by atoms with Gasteiger partial charge in [0.05, 0.1) is 11.3 Å². The lowest BCUT2D eigenvalue weighted by atomic mass is 9.86. The normalized spacial score (nSPS) is 22.3. The Labute approximate surface area is 156 Å². The van der Waals surface area contributed by atoms with Crippen LogP contribution in [0.2, 0.25) is 0 Å². The first-order valence-corrected chi connectivity index (χ1v) is 9.15. The molecule has 0 spiro atoms. The molecule has 0 radical (unpaired) electrons. The molecule has 1 aromatic heterocycles. The number of Topliss-reactive ketones (excluding diaryl/α,β-unsaturated/α-hetero) is 1. The van der Waals surface area contributed by atoms with Gasteiger partial charge in [-0.25, -0.2) is 4.39 Å². The van der Waals surface area contributed by atoms with Crippen LogP contribution >= 0.6 is 0 Å². The smallest absolute Gasteiger partial charge is 0.259 e. The molecule has 0 bridgehead atoms. The van der Waals surface area contributed by atoms with Gasteiger partial charge in [0.2, 0.25) is 0 Å². The summed E-state index contributed by atoms with van der Waals surface area (Å²) >= 11 is 0. The molecule has 2 atom stereocenters. The number of rotatable bonds is 2. The third-order valence-electron chi connectivity index (χ3n) is 5.43. The van der Waals surface area contributed by atoms with Gasteiger partial charge in [-0.15, -0.1) is 0 Å². The summed E-state index contributed by atoms with van der Waals surface area (Å²) in [7, 11) is 0. The molecular formula is C20H21FN2O4. The van der Waals surface area contributed by atoms with E-state index in [1.54, 1.807) is 18.7 Å². The fraction of sp³-hybridized carbons (Fsp3) is 0.450. The lowest BCUT2D eigenvalue weighted by Crippen LogP contribution is -2.46. The van der Waals surface area contributed by atoms with E-state index < -0.39 is 5.82 Å². The van der Waals surface area contributed by atoms with E-state index in [2.05, 4.69) is 5.16 Å². The van der Waals surface area contributed by atoms with E-state index in [1.807, 2.05) is 0 Å². The zero-order valence-electron chi connectivity index (χ0n) is 15.3. The molecule has 0 aliphatic carbocycles. The minimum Gasteiger partial charge on any atom is -0.489 e. The Balaban J connectivity index is 1.51. The Morgan fingerprint density at radius 1 is 1.33 bits per heavy atom. The maximum atomic E-state index is 13.4. The second-order valence-electron chi connectivity index (χ2n) is 7.28. The number of ether oxygens (including phenoxy) is 1. The number of likely N-dealkylation sites (tertiary alicyclic amines) is 1. The summed E-state index contributed by atoms with van der Waals surface area (Å²) < 4.78 is 24.5. The van der Waals surface area contributed by atoms with Crippen LogP contribution in [0.3, 0.4) is 0 Å². The van der Waals surface area contributed by atoms with Gasteiger partial charge in [-0.2, -0.15) is 0 Å². The van der Waals surface area contributed by atoms with Crippen molar-refractivity contribution in [2.75, 3.05) is 13.1 Å². The van der Waals surface area contributed by atoms with Crippen LogP contribution in [0.5, 0.6) is 5.75 Å². The molecule has 1 saturated heterocycles. The molecule has 7 heteroatoms. The van der Waals surface area contributed by atoms with E-state index in [-0.39, 0.29) is 30.1 Å². The quantitative estimate of drug-likeness (QED) is 0.809. The van der Waals surface area contributed by atoms with Gasteiger partial charge < -0.3 is 14.2 Å². The van der Waals surface area contributed by atoms with Crippen molar-refractivity contribution in [3.63, 3.8) is 0 Å². The second kappa shape index (κ2) is 6.79. The second-order valence-corrected chi connectivity index (χ2v) is 7.28. The highest BCUT2D eigenvalue weighted by atomic mass is 19.1. The summed E-state index contributed by atoms with van der Waals surface area (Å²) in [4.78, 5) is 27.1. The SMILES string of the molecule is Cc1noc(C)c1C(=O)N1CCC[C@H]([C@@H]2CC(=O)c3cc(F)ccc3O2)C1. The molecule has 27 heavy (non-hydrogen) atoms. The highest BCUT2D eigenvalue weighted by Gasteiger charge is 2.37. The Morgan fingerprint density at radius 2 is 2.15 bits per heavy atom. The molecule has 3 heterocycles. The first kappa shape index (κ1) is 17.7. The third-order valence-corrected chi connectivity index (χ3v) is 5.43. The first-order valence-electron chi connectivity index (χ1n) is 9.15. The van der Waals surface area contributed by atoms with Gasteiger partial charge in [-0.05, 0) is 44.9 Å². The van der Waals surface area contributed by atoms with Crippen molar-refractivity contribution in [1.29, 1.82) is 0 Å². The highest BCUT2D eigenvalue weighted by Crippen LogP contribution is 2.34. The molecule has 1 aromatic carbocycles. The van der Waals surface area contributed by atoms with Crippen LogP contribution in [0.25, 0.3) is 0 Å². The van der Waals surface area contributed by atoms with Crippen molar-refractivity contribution in [2.45, 2.75) is 39.2 Å². The largest absolute Gasteiger partial charge is 0.489 e. The maximum absolute atomic E-state index is 13.4. The number of hydrogen-bond donors (Lipinski definition) is 0. The lowest BCUT2D eigenvalue weighted by molar-refractivity contribution is 0.0407. The van der Waals surface area contributed by atoms with Crippen LogP contribution in [0.1, 0.15) is 51.4 Å². The molecule has 2 aliphatic rings. The summed E-state index contributed by atoms with van der Waals surface area (Å²) in [5, 5.41) is 3.86. The number of nitrogens with zero attached hydrogens (tertiary/aromatic N) is 2. The van der Waals surface area contributed by atoms with Crippen molar-refractivity contribution >= 4 is 11.7 Å². The minimum absolute atomic E-state index is 0.0466. The summed E-state index contributed by atoms with van der Waals surface area (Å²) in [6.07, 6.45) is 1.61. The number of carbonyl (C=O) groups excluding carboxylic acids is 2. The average molecular weight is 372 g/mol. The number of carbonyl (C=O) groups is 2. The van der Waals surface area contributed by atoms with Gasteiger partial charge in [-0.3, -0.25) is 9.59 Å². The van der Waals surface area contributed by atoms with Crippen LogP contribution in [0.15, 0.2) is 22.7 Å². The summed E-state index contributed by atoms with van der Waals surface area (Å²) in [5.41, 5.74) is 1.39. The monoisotopic (exact) mass is 372 g/mol. The van der Waals surface area contributed by atoms with E-state index >= 15 is 0 Å². The zero-order valence-corrected chi connectivity index (χ0v) is 15.3. The Bertz CT molecular complexity index is 888. The molecule has 2 aliphatic heterocycles. The number of hydrogen-bond acceptors (Lipinski definition) is 5. The minimum atomic E-state index is -0.446. The summed E-state index contributed by atoms with van der Waals surface area (Å²) in [5.74, 6) is 0.324. The standard InChI is InChI=1S/C20H21FN2O4/c1-11-19(12(2)27-22-11)20(25)23-7-3-4-13(10-23)18-9-16(24)15-8-14(21)5-6-17(15)26-18/h5-6,8,13,18H,3-4,7,9-10H2,1-2H3/t13-,18-/m0/s1. The van der Waals surface area contributed by atoms with Crippen molar-refractivity contribution < 1.29 is 23.2 Å². The van der Waals surface area contributed by atoms with E-state index in [9.17, 15) is 14.0 Å². The van der Waals surface area contributed by atoms with Gasteiger partial charge in [0.25, 0.3) is 5.91 Å². The third kappa shape index (κ3) is 3.22. The molecule has 0 saturated carbocycles. The van der Waals surface area contributed by atoms with Crippen LogP contribution < -0.4 is 4.74 Å². The Morgan fingerprint density at radius 3 is 2.89 bits per heavy atom. The number of benzene rings is 1. The molecule has 1 amide bonds. The number of aryl methyl sites for hydroxylation is 2. The number of fused-ring (bicyclic) bond motifs is 1. The molecular weight excluding hydrogens is 351 g/mol. The molecule has 0 N–H and O–H groups in total. The van der Waals surface area contributed by atoms with Crippen LogP contribution in [-0.2, 0) is 0 Å². The molecule has 2 aromatic rings. The van der Waals surface area contributed by atoms with E-state index in [1.165, 1.54) is 18.2 Å². The lowest BCUT2D eigenvalue weighted by Gasteiger charge is -2.38. The van der Waals surface area contributed by atoms with Crippen molar-refractivity contribution in [1.82, 2.24) is 10.1 Å². The number of amides is 1. The van der Waals surface area contributed by atoms with Gasteiger partial charge in [-0.1, -0.05) is 5.16 Å². The zero-order chi connectivity index (χ0) is 19.1. The molecule has 6 nitrogen and oxygen atoms in total. The summed E-state index contributed by atoms with van der Waals surface area (Å²) in [6, 6.07) is 4.02. The topological polar surface area (TPSA) is 72.6 Å². The molecule has 0 unspecified atom stereocenters. The maximum Gasteiger partial charge on any atom is 0.259 e. The first-order chi connectivity index (χ1) is 12.9. The fourth-order valence-electron chi connectivity index (χ4n) is 4.03. The molecule has 4 rings (SSSR count). The number of halogens is 1. The van der Waals surface area contributed by atoms with E-state index in [0.29, 0.717) is 41.4 Å². The van der Waals surface area contributed by atoms with Crippen molar-refractivity contribution in [2.24, 2.45) is 5.92 Å². The average Bonchev–Trinajstić information content (AvgIpc) is 3.00. The Hall–Kier alpha value is -2.70. The number of aromatic nitrogens is 1. The molecule has 1 fully saturated rings. The van der Waals surface area contributed by atoms with Gasteiger partial charge in [0.15, 0.2) is 5.78 Å². The van der Waals surface area contributed by atoms with Crippen molar-refractivity contribution in [3.8, 4) is 5.75 Å². The summed E-state index contributed by atoms with van der Waals surface area (Å²) in [6.45, 7) is 4.65. The number of piperidine rings is 1. The van der Waals surface area contributed by atoms with Crippen LogP contribution in [-0.4, -0.2) is 40.9 Å². The predicted molar refractivity (Wildman–Crippen MR) is 94.4 cm³/mol. The van der Waals surface area contributed by atoms with E-state index in [0.717, 1.165) is 12.8 Å². The van der Waals surface area contributed by atoms with Gasteiger partial charge in [0, 0.05) is 25.4 Å². The van der Waals surface area contributed by atoms with Gasteiger partial charge in [0.1, 0.15) is 29.0 Å². The Kier molecular flexibility index (Phi) is 4.45. The predicted octanol–water partition coefficient (Wildman–Crippen LogP) is 3.32. The van der Waals surface area contributed by atoms with Crippen LogP contribution in [0.4, 0.5) is 4.39 Å². The van der Waals surface area contributed by atoms with Gasteiger partial charge >= 0.3 is 0 Å². The molecule has 142 valence electrons. The van der Waals surface area contributed by atoms with E-state index in [4.69, 9.17) is 9.26 Å². The van der Waals surface area contributed by atoms with Crippen molar-refractivity contribution in [3.05, 3.63) is 46.6 Å².